The third-order valence-corrected chi connectivity index (χ3v) is 3.63. The number of nitrogens with one attached hydrogen (secondary N) is 1. The molecule has 1 unspecified atom stereocenters. The normalized spacial score (nSPS) is 13.2. The molecule has 1 aromatic rings. The van der Waals surface area contributed by atoms with Crippen LogP contribution < -0.4 is 11.1 Å². The van der Waals surface area contributed by atoms with Crippen molar-refractivity contribution in [1.82, 2.24) is 5.32 Å². The van der Waals surface area contributed by atoms with Gasteiger partial charge in [0.1, 0.15) is 0 Å². The van der Waals surface area contributed by atoms with Crippen LogP contribution in [0.15, 0.2) is 18.2 Å². The summed E-state index contributed by atoms with van der Waals surface area (Å²) in [5, 5.41) is 13.7. The minimum Gasteiger partial charge on any atom is -0.345 e. The van der Waals surface area contributed by atoms with Crippen molar-refractivity contribution in [3.63, 3.8) is 0 Å². The second-order valence-corrected chi connectivity index (χ2v) is 5.54. The number of amides is 1. The Balaban J connectivity index is 0.00000400. The number of carbonyl (C=O) groups excluding carboxylic acids is 1. The maximum atomic E-state index is 12.3. The number of non-ortho nitro benzene ring substituents is 1. The molecule has 1 atom stereocenters. The molecular formula is C14H22ClN3O3. The highest BCUT2D eigenvalue weighted by atomic mass is 35.5. The van der Waals surface area contributed by atoms with Crippen LogP contribution in [0.25, 0.3) is 0 Å². The van der Waals surface area contributed by atoms with E-state index in [4.69, 9.17) is 5.73 Å². The fourth-order valence-corrected chi connectivity index (χ4v) is 1.76. The van der Waals surface area contributed by atoms with Gasteiger partial charge in [-0.1, -0.05) is 13.8 Å². The van der Waals surface area contributed by atoms with Gasteiger partial charge < -0.3 is 11.1 Å². The molecule has 0 radical (unpaired) electrons. The van der Waals surface area contributed by atoms with Crippen molar-refractivity contribution in [3.05, 3.63) is 39.4 Å². The molecule has 3 N–H and O–H groups in total. The first kappa shape index (κ1) is 19.3. The molecule has 7 heteroatoms. The summed E-state index contributed by atoms with van der Waals surface area (Å²) in [6.07, 6.45) is 0. The predicted octanol–water partition coefficient (Wildman–Crippen LogP) is 2.43. The second-order valence-electron chi connectivity index (χ2n) is 5.54. The van der Waals surface area contributed by atoms with Crippen molar-refractivity contribution in [3.8, 4) is 0 Å². The van der Waals surface area contributed by atoms with Gasteiger partial charge in [-0.05, 0) is 31.4 Å². The number of hydrogen-bond donors (Lipinski definition) is 2. The van der Waals surface area contributed by atoms with Crippen molar-refractivity contribution in [2.24, 2.45) is 11.7 Å². The molecule has 0 aliphatic rings. The van der Waals surface area contributed by atoms with E-state index in [9.17, 15) is 14.9 Å². The molecule has 0 spiro atoms. The largest absolute Gasteiger partial charge is 0.345 e. The summed E-state index contributed by atoms with van der Waals surface area (Å²) < 4.78 is 0. The highest BCUT2D eigenvalue weighted by molar-refractivity contribution is 5.95. The Kier molecular flexibility index (Phi) is 6.79. The number of carbonyl (C=O) groups is 1. The molecular weight excluding hydrogens is 294 g/mol. The van der Waals surface area contributed by atoms with Gasteiger partial charge in [0.25, 0.3) is 11.6 Å². The average molecular weight is 316 g/mol. The van der Waals surface area contributed by atoms with E-state index in [1.54, 1.807) is 13.0 Å². The molecule has 1 rings (SSSR count). The number of nitro groups is 1. The molecule has 0 fully saturated rings. The van der Waals surface area contributed by atoms with E-state index in [1.807, 2.05) is 20.8 Å². The molecule has 6 nitrogen and oxygen atoms in total. The smallest absolute Gasteiger partial charge is 0.270 e. The molecule has 0 aliphatic carbocycles. The Labute approximate surface area is 130 Å². The summed E-state index contributed by atoms with van der Waals surface area (Å²) in [5.74, 6) is -0.199. The van der Waals surface area contributed by atoms with E-state index in [-0.39, 0.29) is 35.5 Å². The Morgan fingerprint density at radius 2 is 2.00 bits per heavy atom. The zero-order valence-corrected chi connectivity index (χ0v) is 13.5. The van der Waals surface area contributed by atoms with Gasteiger partial charge in [0, 0.05) is 24.2 Å². The molecule has 0 aromatic heterocycles. The Morgan fingerprint density at radius 3 is 2.43 bits per heavy atom. The number of benzene rings is 1. The van der Waals surface area contributed by atoms with Gasteiger partial charge in [0.2, 0.25) is 0 Å². The van der Waals surface area contributed by atoms with Crippen molar-refractivity contribution in [2.45, 2.75) is 33.2 Å². The van der Waals surface area contributed by atoms with Gasteiger partial charge in [-0.25, -0.2) is 0 Å². The van der Waals surface area contributed by atoms with Crippen molar-refractivity contribution >= 4 is 24.0 Å². The lowest BCUT2D eigenvalue weighted by Crippen LogP contribution is -2.55. The molecule has 0 heterocycles. The fraction of sp³-hybridized carbons (Fsp3) is 0.500. The topological polar surface area (TPSA) is 98.3 Å². The summed E-state index contributed by atoms with van der Waals surface area (Å²) in [4.78, 5) is 22.6. The van der Waals surface area contributed by atoms with Crippen LogP contribution in [0.4, 0.5) is 5.69 Å². The van der Waals surface area contributed by atoms with Crippen LogP contribution in [0, 0.1) is 23.0 Å². The SMILES string of the molecule is Cc1cc(C(=O)NC(C)(CN)C(C)C)cc([N+](=O)[O-])c1.Cl. The summed E-state index contributed by atoms with van der Waals surface area (Å²) in [5.41, 5.74) is 6.03. The van der Waals surface area contributed by atoms with Crippen LogP contribution >= 0.6 is 12.4 Å². The second kappa shape index (κ2) is 7.38. The summed E-state index contributed by atoms with van der Waals surface area (Å²) in [6.45, 7) is 7.80. The van der Waals surface area contributed by atoms with Crippen LogP contribution in [0.2, 0.25) is 0 Å². The number of nitro benzene ring substituents is 1. The van der Waals surface area contributed by atoms with E-state index in [1.165, 1.54) is 12.1 Å². The van der Waals surface area contributed by atoms with Gasteiger partial charge in [-0.3, -0.25) is 14.9 Å². The quantitative estimate of drug-likeness (QED) is 0.644. The Morgan fingerprint density at radius 1 is 1.43 bits per heavy atom. The van der Waals surface area contributed by atoms with E-state index in [0.29, 0.717) is 12.1 Å². The first-order valence-corrected chi connectivity index (χ1v) is 6.48. The lowest BCUT2D eigenvalue weighted by Gasteiger charge is -2.33. The van der Waals surface area contributed by atoms with Crippen LogP contribution in [0.1, 0.15) is 36.7 Å². The summed E-state index contributed by atoms with van der Waals surface area (Å²) >= 11 is 0. The molecule has 1 aromatic carbocycles. The maximum absolute atomic E-state index is 12.3. The van der Waals surface area contributed by atoms with Gasteiger partial charge in [-0.15, -0.1) is 12.4 Å². The Bertz CT molecular complexity index is 534. The fourth-order valence-electron chi connectivity index (χ4n) is 1.76. The zero-order chi connectivity index (χ0) is 15.5. The third-order valence-electron chi connectivity index (χ3n) is 3.63. The number of hydrogen-bond acceptors (Lipinski definition) is 4. The Hall–Kier alpha value is -1.66. The monoisotopic (exact) mass is 315 g/mol. The van der Waals surface area contributed by atoms with Crippen molar-refractivity contribution in [2.75, 3.05) is 6.54 Å². The molecule has 118 valence electrons. The van der Waals surface area contributed by atoms with E-state index in [2.05, 4.69) is 5.32 Å². The first-order valence-electron chi connectivity index (χ1n) is 6.48. The van der Waals surface area contributed by atoms with Gasteiger partial charge >= 0.3 is 0 Å². The van der Waals surface area contributed by atoms with Crippen molar-refractivity contribution in [1.29, 1.82) is 0 Å². The number of rotatable bonds is 5. The standard InChI is InChI=1S/C14H21N3O3.ClH/c1-9(2)14(4,8-15)16-13(18)11-5-10(3)6-12(7-11)17(19)20;/h5-7,9H,8,15H2,1-4H3,(H,16,18);1H. The number of nitrogens with two attached hydrogens (primary N) is 1. The van der Waals surface area contributed by atoms with Crippen molar-refractivity contribution < 1.29 is 9.72 Å². The molecule has 0 saturated heterocycles. The molecule has 0 saturated carbocycles. The molecule has 0 bridgehead atoms. The van der Waals surface area contributed by atoms with Gasteiger partial charge in [0.15, 0.2) is 0 Å². The average Bonchev–Trinajstić information content (AvgIpc) is 2.37. The predicted molar refractivity (Wildman–Crippen MR) is 84.8 cm³/mol. The minimum absolute atomic E-state index is 0. The number of nitrogens with zero attached hydrogens (tertiary/aromatic N) is 1. The lowest BCUT2D eigenvalue weighted by molar-refractivity contribution is -0.384. The van der Waals surface area contributed by atoms with Crippen LogP contribution in [-0.4, -0.2) is 22.9 Å². The van der Waals surface area contributed by atoms with E-state index in [0.717, 1.165) is 0 Å². The highest BCUT2D eigenvalue weighted by Gasteiger charge is 2.29. The minimum atomic E-state index is -0.546. The van der Waals surface area contributed by atoms with Crippen LogP contribution in [0.5, 0.6) is 0 Å². The summed E-state index contributed by atoms with van der Waals surface area (Å²) in [7, 11) is 0. The number of halogens is 1. The first-order chi connectivity index (χ1) is 9.19. The third kappa shape index (κ3) is 4.68. The van der Waals surface area contributed by atoms with E-state index >= 15 is 0 Å². The zero-order valence-electron chi connectivity index (χ0n) is 12.7. The molecule has 0 aliphatic heterocycles. The number of aryl methyl sites for hydroxylation is 1. The van der Waals surface area contributed by atoms with Gasteiger partial charge in [-0.2, -0.15) is 0 Å². The van der Waals surface area contributed by atoms with Crippen LogP contribution in [0.3, 0.4) is 0 Å². The lowest BCUT2D eigenvalue weighted by atomic mass is 9.88. The molecule has 21 heavy (non-hydrogen) atoms. The molecule has 1 amide bonds. The highest BCUT2D eigenvalue weighted by Crippen LogP contribution is 2.19. The van der Waals surface area contributed by atoms with Crippen LogP contribution in [-0.2, 0) is 0 Å². The summed E-state index contributed by atoms with van der Waals surface area (Å²) in [6, 6.07) is 4.33. The van der Waals surface area contributed by atoms with Gasteiger partial charge in [0.05, 0.1) is 10.5 Å². The maximum Gasteiger partial charge on any atom is 0.270 e. The van der Waals surface area contributed by atoms with E-state index < -0.39 is 10.5 Å².